The number of fused-ring (bicyclic) bond motifs is 3. The van der Waals surface area contributed by atoms with E-state index in [1.54, 1.807) is 35.6 Å². The molecule has 2 heterocycles. The van der Waals surface area contributed by atoms with Gasteiger partial charge in [0.1, 0.15) is 11.1 Å². The average molecular weight is 274 g/mol. The number of para-hydroxylation sites is 1. The van der Waals surface area contributed by atoms with E-state index in [-0.39, 0.29) is 11.3 Å². The molecule has 2 aliphatic heterocycles. The molecule has 0 saturated heterocycles. The first-order valence-electron chi connectivity index (χ1n) is 5.98. The minimum Gasteiger partial charge on any atom is -0.293 e. The Labute approximate surface area is 116 Å². The van der Waals surface area contributed by atoms with Crippen LogP contribution in [0.5, 0.6) is 0 Å². The van der Waals surface area contributed by atoms with Crippen LogP contribution in [0.1, 0.15) is 12.5 Å². The van der Waals surface area contributed by atoms with E-state index < -0.39 is 0 Å². The number of carbonyl (C=O) groups excluding carboxylic acids is 1. The summed E-state index contributed by atoms with van der Waals surface area (Å²) in [5.41, 5.74) is 2.87. The Bertz CT molecular complexity index is 610. The van der Waals surface area contributed by atoms with Crippen molar-refractivity contribution >= 4 is 34.2 Å². The number of aliphatic imine (C=N–C) groups is 1. The number of carbonyl (C=O) groups is 1. The van der Waals surface area contributed by atoms with Gasteiger partial charge in [-0.15, -0.1) is 0 Å². The van der Waals surface area contributed by atoms with Crippen LogP contribution in [0.2, 0.25) is 0 Å². The molecule has 0 bridgehead atoms. The highest BCUT2D eigenvalue weighted by Gasteiger charge is 2.42. The van der Waals surface area contributed by atoms with Gasteiger partial charge in [-0.05, 0) is 6.07 Å². The predicted molar refractivity (Wildman–Crippen MR) is 78.6 cm³/mol. The molecule has 0 N–H and O–H groups in total. The van der Waals surface area contributed by atoms with E-state index in [9.17, 15) is 4.79 Å². The maximum atomic E-state index is 11.9. The van der Waals surface area contributed by atoms with E-state index in [4.69, 9.17) is 0 Å². The zero-order chi connectivity index (χ0) is 13.6. The van der Waals surface area contributed by atoms with Crippen LogP contribution in [0, 0.1) is 0 Å². The summed E-state index contributed by atoms with van der Waals surface area (Å²) in [7, 11) is 3.61. The lowest BCUT2D eigenvalue weighted by molar-refractivity contribution is -0.116. The standard InChI is InChI=1S/C13H14N4OS/c1-8(18)17-10-7-5-4-6-9(10)11-12(17)19-13(14-2)16(3)15-11/h4-7,12H,1-3H3. The van der Waals surface area contributed by atoms with Crippen LogP contribution >= 0.6 is 11.8 Å². The fourth-order valence-corrected chi connectivity index (χ4v) is 3.56. The van der Waals surface area contributed by atoms with E-state index in [2.05, 4.69) is 10.1 Å². The fourth-order valence-electron chi connectivity index (χ4n) is 2.41. The van der Waals surface area contributed by atoms with Crippen LogP contribution in [-0.2, 0) is 4.79 Å². The molecule has 0 aromatic heterocycles. The first kappa shape index (κ1) is 12.2. The van der Waals surface area contributed by atoms with Gasteiger partial charge in [-0.2, -0.15) is 5.10 Å². The third-order valence-corrected chi connectivity index (χ3v) is 4.51. The van der Waals surface area contributed by atoms with Crippen molar-refractivity contribution in [2.24, 2.45) is 10.1 Å². The van der Waals surface area contributed by atoms with Crippen molar-refractivity contribution in [3.05, 3.63) is 29.8 Å². The molecular formula is C13H14N4OS. The number of nitrogens with zero attached hydrogens (tertiary/aromatic N) is 4. The average Bonchev–Trinajstić information content (AvgIpc) is 2.71. The number of benzene rings is 1. The molecule has 0 aliphatic carbocycles. The number of hydrogen-bond donors (Lipinski definition) is 0. The van der Waals surface area contributed by atoms with E-state index >= 15 is 0 Å². The van der Waals surface area contributed by atoms with Gasteiger partial charge in [0.05, 0.1) is 5.69 Å². The van der Waals surface area contributed by atoms with Crippen LogP contribution in [0.15, 0.2) is 34.4 Å². The maximum absolute atomic E-state index is 11.9. The maximum Gasteiger partial charge on any atom is 0.225 e. The van der Waals surface area contributed by atoms with Gasteiger partial charge in [0, 0.05) is 26.6 Å². The molecule has 1 unspecified atom stereocenters. The predicted octanol–water partition coefficient (Wildman–Crippen LogP) is 1.75. The van der Waals surface area contributed by atoms with Crippen molar-refractivity contribution in [3.63, 3.8) is 0 Å². The summed E-state index contributed by atoms with van der Waals surface area (Å²) in [5.74, 6) is 0.0233. The zero-order valence-corrected chi connectivity index (χ0v) is 11.8. The summed E-state index contributed by atoms with van der Waals surface area (Å²) < 4.78 is 0. The van der Waals surface area contributed by atoms with E-state index in [1.807, 2.05) is 31.3 Å². The molecule has 1 aromatic carbocycles. The summed E-state index contributed by atoms with van der Waals surface area (Å²) in [6.07, 6.45) is 0. The fraction of sp³-hybridized carbons (Fsp3) is 0.308. The molecule has 0 radical (unpaired) electrons. The normalized spacial score (nSPS) is 23.2. The zero-order valence-electron chi connectivity index (χ0n) is 11.0. The quantitative estimate of drug-likeness (QED) is 0.724. The van der Waals surface area contributed by atoms with Gasteiger partial charge in [-0.25, -0.2) is 5.01 Å². The van der Waals surface area contributed by atoms with Crippen molar-refractivity contribution in [2.75, 3.05) is 19.0 Å². The van der Waals surface area contributed by atoms with Crippen molar-refractivity contribution < 1.29 is 4.79 Å². The molecular weight excluding hydrogens is 260 g/mol. The molecule has 3 rings (SSSR count). The molecule has 19 heavy (non-hydrogen) atoms. The Hall–Kier alpha value is -1.82. The Kier molecular flexibility index (Phi) is 2.82. The number of anilines is 1. The summed E-state index contributed by atoms with van der Waals surface area (Å²) in [4.78, 5) is 17.9. The van der Waals surface area contributed by atoms with Crippen LogP contribution in [0.4, 0.5) is 5.69 Å². The smallest absolute Gasteiger partial charge is 0.225 e. The van der Waals surface area contributed by atoms with Crippen LogP contribution < -0.4 is 4.90 Å². The van der Waals surface area contributed by atoms with E-state index in [0.717, 1.165) is 22.1 Å². The van der Waals surface area contributed by atoms with E-state index in [0.29, 0.717) is 0 Å². The lowest BCUT2D eigenvalue weighted by atomic mass is 10.1. The van der Waals surface area contributed by atoms with Crippen molar-refractivity contribution in [1.82, 2.24) is 5.01 Å². The monoisotopic (exact) mass is 274 g/mol. The Morgan fingerprint density at radius 3 is 2.84 bits per heavy atom. The number of hydrazone groups is 1. The van der Waals surface area contributed by atoms with Crippen LogP contribution in [0.3, 0.4) is 0 Å². The summed E-state index contributed by atoms with van der Waals surface area (Å²) in [6.45, 7) is 1.58. The SMILES string of the molecule is CN=C1SC2C(=NN1C)c1ccccc1N2C(C)=O. The van der Waals surface area contributed by atoms with Gasteiger partial charge in [0.2, 0.25) is 5.91 Å². The van der Waals surface area contributed by atoms with Gasteiger partial charge < -0.3 is 0 Å². The highest BCUT2D eigenvalue weighted by Crippen LogP contribution is 2.40. The van der Waals surface area contributed by atoms with Gasteiger partial charge >= 0.3 is 0 Å². The summed E-state index contributed by atoms with van der Waals surface area (Å²) in [6, 6.07) is 7.87. The first-order chi connectivity index (χ1) is 9.13. The van der Waals surface area contributed by atoms with Crippen LogP contribution in [0.25, 0.3) is 0 Å². The number of thioether (sulfide) groups is 1. The number of amidine groups is 1. The van der Waals surface area contributed by atoms with Gasteiger partial charge in [0.15, 0.2) is 5.17 Å². The lowest BCUT2D eigenvalue weighted by Crippen LogP contribution is -2.42. The molecule has 5 nitrogen and oxygen atoms in total. The highest BCUT2D eigenvalue weighted by atomic mass is 32.2. The Morgan fingerprint density at radius 2 is 2.16 bits per heavy atom. The van der Waals surface area contributed by atoms with Crippen molar-refractivity contribution in [3.8, 4) is 0 Å². The molecule has 1 aromatic rings. The van der Waals surface area contributed by atoms with E-state index in [1.165, 1.54) is 0 Å². The van der Waals surface area contributed by atoms with Gasteiger partial charge in [0.25, 0.3) is 0 Å². The molecule has 1 amide bonds. The largest absolute Gasteiger partial charge is 0.293 e. The third kappa shape index (κ3) is 1.74. The molecule has 1 atom stereocenters. The van der Waals surface area contributed by atoms with Crippen molar-refractivity contribution in [2.45, 2.75) is 12.3 Å². The van der Waals surface area contributed by atoms with Crippen molar-refractivity contribution in [1.29, 1.82) is 0 Å². The minimum absolute atomic E-state index is 0.0233. The Balaban J connectivity index is 2.17. The van der Waals surface area contributed by atoms with Gasteiger partial charge in [-0.3, -0.25) is 14.7 Å². The Morgan fingerprint density at radius 1 is 1.42 bits per heavy atom. The summed E-state index contributed by atoms with van der Waals surface area (Å²) in [5, 5.41) is 7.04. The first-order valence-corrected chi connectivity index (χ1v) is 6.86. The number of rotatable bonds is 0. The minimum atomic E-state index is -0.107. The second-order valence-electron chi connectivity index (χ2n) is 4.39. The van der Waals surface area contributed by atoms with Crippen LogP contribution in [-0.4, -0.2) is 41.3 Å². The lowest BCUT2D eigenvalue weighted by Gasteiger charge is -2.29. The molecule has 0 spiro atoms. The number of hydrogen-bond acceptors (Lipinski definition) is 4. The van der Waals surface area contributed by atoms with Gasteiger partial charge in [-0.1, -0.05) is 30.0 Å². The molecule has 0 saturated carbocycles. The number of amides is 1. The molecule has 6 heteroatoms. The second kappa shape index (κ2) is 4.38. The topological polar surface area (TPSA) is 48.3 Å². The molecule has 2 aliphatic rings. The molecule has 98 valence electrons. The molecule has 0 fully saturated rings. The highest BCUT2D eigenvalue weighted by molar-refractivity contribution is 8.15. The second-order valence-corrected chi connectivity index (χ2v) is 5.44. The summed E-state index contributed by atoms with van der Waals surface area (Å²) >= 11 is 1.55. The third-order valence-electron chi connectivity index (χ3n) is 3.19.